The van der Waals surface area contributed by atoms with Crippen molar-refractivity contribution in [2.75, 3.05) is 24.7 Å². The van der Waals surface area contributed by atoms with Crippen LogP contribution in [-0.2, 0) is 4.79 Å². The van der Waals surface area contributed by atoms with Crippen LogP contribution in [0.15, 0.2) is 17.2 Å². The van der Waals surface area contributed by atoms with Crippen LogP contribution < -0.4 is 10.6 Å². The topological polar surface area (TPSA) is 97.2 Å². The second kappa shape index (κ2) is 6.80. The number of carbonyl (C=O) groups is 1. The van der Waals surface area contributed by atoms with E-state index in [-0.39, 0.29) is 22.4 Å². The molecule has 0 atom stereocenters. The Kier molecular flexibility index (Phi) is 5.37. The van der Waals surface area contributed by atoms with Gasteiger partial charge in [-0.2, -0.15) is 0 Å². The second-order valence-corrected chi connectivity index (χ2v) is 4.23. The Labute approximate surface area is 109 Å². The number of pyridine rings is 1. The van der Waals surface area contributed by atoms with Gasteiger partial charge in [0.25, 0.3) is 0 Å². The van der Waals surface area contributed by atoms with Crippen molar-refractivity contribution in [2.45, 2.75) is 11.9 Å². The van der Waals surface area contributed by atoms with Crippen LogP contribution in [0.2, 0.25) is 0 Å². The maximum absolute atomic E-state index is 11.3. The summed E-state index contributed by atoms with van der Waals surface area (Å²) in [6.07, 6.45) is 0. The first-order chi connectivity index (χ1) is 8.58. The van der Waals surface area contributed by atoms with Crippen LogP contribution in [0.3, 0.4) is 0 Å². The summed E-state index contributed by atoms with van der Waals surface area (Å²) in [5.41, 5.74) is -0.0942. The van der Waals surface area contributed by atoms with Gasteiger partial charge in [-0.25, -0.2) is 4.98 Å². The molecule has 98 valence electrons. The third-order valence-electron chi connectivity index (χ3n) is 2.01. The quantitative estimate of drug-likeness (QED) is 0.459. The van der Waals surface area contributed by atoms with Crippen LogP contribution in [0.25, 0.3) is 0 Å². The molecule has 0 unspecified atom stereocenters. The van der Waals surface area contributed by atoms with Crippen molar-refractivity contribution in [3.05, 3.63) is 22.2 Å². The van der Waals surface area contributed by atoms with Crippen molar-refractivity contribution < 1.29 is 9.72 Å². The predicted octanol–water partition coefficient (Wildman–Crippen LogP) is 1.26. The fraction of sp³-hybridized carbons (Fsp3) is 0.400. The number of amides is 1. The fourth-order valence-electron chi connectivity index (χ4n) is 1.20. The number of rotatable bonds is 6. The number of aromatic nitrogens is 1. The van der Waals surface area contributed by atoms with Crippen LogP contribution in [0, 0.1) is 10.1 Å². The summed E-state index contributed by atoms with van der Waals surface area (Å²) in [6.45, 7) is 2.34. The summed E-state index contributed by atoms with van der Waals surface area (Å²) < 4.78 is 0. The smallest absolute Gasteiger partial charge is 0.301 e. The van der Waals surface area contributed by atoms with Gasteiger partial charge in [-0.1, -0.05) is 11.8 Å². The van der Waals surface area contributed by atoms with Gasteiger partial charge in [0.15, 0.2) is 5.03 Å². The molecule has 0 aliphatic heterocycles. The molecule has 0 saturated heterocycles. The van der Waals surface area contributed by atoms with E-state index in [1.165, 1.54) is 12.1 Å². The monoisotopic (exact) mass is 270 g/mol. The SMILES string of the molecule is CCNC(=O)CSc1nc(NC)ccc1[N+](=O)[O-]. The molecule has 1 heterocycles. The Morgan fingerprint density at radius 1 is 1.56 bits per heavy atom. The highest BCUT2D eigenvalue weighted by Crippen LogP contribution is 2.28. The first-order valence-electron chi connectivity index (χ1n) is 5.31. The number of hydrogen-bond acceptors (Lipinski definition) is 6. The van der Waals surface area contributed by atoms with E-state index < -0.39 is 4.92 Å². The normalized spacial score (nSPS) is 9.89. The minimum absolute atomic E-state index is 0.0942. The Morgan fingerprint density at radius 3 is 2.83 bits per heavy atom. The molecular weight excluding hydrogens is 256 g/mol. The summed E-state index contributed by atoms with van der Waals surface area (Å²) in [5.74, 6) is 0.460. The molecule has 0 aliphatic carbocycles. The van der Waals surface area contributed by atoms with Crippen molar-refractivity contribution in [1.29, 1.82) is 0 Å². The van der Waals surface area contributed by atoms with Crippen LogP contribution in [0.4, 0.5) is 11.5 Å². The van der Waals surface area contributed by atoms with E-state index in [4.69, 9.17) is 0 Å². The lowest BCUT2D eigenvalue weighted by Crippen LogP contribution is -2.24. The van der Waals surface area contributed by atoms with Gasteiger partial charge in [-0.3, -0.25) is 14.9 Å². The van der Waals surface area contributed by atoms with E-state index >= 15 is 0 Å². The van der Waals surface area contributed by atoms with E-state index in [0.29, 0.717) is 12.4 Å². The molecule has 0 aromatic carbocycles. The number of carbonyl (C=O) groups excluding carboxylic acids is 1. The van der Waals surface area contributed by atoms with Gasteiger partial charge >= 0.3 is 5.69 Å². The number of anilines is 1. The van der Waals surface area contributed by atoms with Crippen molar-refractivity contribution in [2.24, 2.45) is 0 Å². The number of nitrogens with zero attached hydrogens (tertiary/aromatic N) is 2. The third kappa shape index (κ3) is 3.88. The molecule has 8 heteroatoms. The Bertz CT molecular complexity index is 453. The van der Waals surface area contributed by atoms with Crippen LogP contribution >= 0.6 is 11.8 Å². The van der Waals surface area contributed by atoms with Crippen molar-refractivity contribution >= 4 is 29.2 Å². The highest BCUT2D eigenvalue weighted by molar-refractivity contribution is 8.00. The summed E-state index contributed by atoms with van der Waals surface area (Å²) >= 11 is 1.05. The average Bonchev–Trinajstić information content (AvgIpc) is 2.36. The van der Waals surface area contributed by atoms with Crippen LogP contribution in [0.1, 0.15) is 6.92 Å². The summed E-state index contributed by atoms with van der Waals surface area (Å²) in [6, 6.07) is 2.90. The van der Waals surface area contributed by atoms with Crippen LogP contribution in [0.5, 0.6) is 0 Å². The van der Waals surface area contributed by atoms with Gasteiger partial charge in [0, 0.05) is 19.7 Å². The minimum Gasteiger partial charge on any atom is -0.373 e. The summed E-state index contributed by atoms with van der Waals surface area (Å²) in [5, 5.41) is 16.5. The van der Waals surface area contributed by atoms with E-state index in [1.54, 1.807) is 7.05 Å². The third-order valence-corrected chi connectivity index (χ3v) is 2.99. The zero-order chi connectivity index (χ0) is 13.5. The zero-order valence-corrected chi connectivity index (χ0v) is 10.9. The van der Waals surface area contributed by atoms with E-state index in [0.717, 1.165) is 11.8 Å². The molecule has 0 radical (unpaired) electrons. The zero-order valence-electron chi connectivity index (χ0n) is 10.1. The molecule has 0 saturated carbocycles. The molecule has 7 nitrogen and oxygen atoms in total. The van der Waals surface area contributed by atoms with Gasteiger partial charge in [-0.05, 0) is 13.0 Å². The predicted molar refractivity (Wildman–Crippen MR) is 69.8 cm³/mol. The molecule has 0 bridgehead atoms. The van der Waals surface area contributed by atoms with Gasteiger partial charge < -0.3 is 10.6 Å². The van der Waals surface area contributed by atoms with Gasteiger partial charge in [-0.15, -0.1) is 0 Å². The number of nitro groups is 1. The van der Waals surface area contributed by atoms with E-state index in [1.807, 2.05) is 6.92 Å². The fourth-order valence-corrected chi connectivity index (χ4v) is 2.02. The molecule has 18 heavy (non-hydrogen) atoms. The van der Waals surface area contributed by atoms with Gasteiger partial charge in [0.1, 0.15) is 5.82 Å². The lowest BCUT2D eigenvalue weighted by molar-refractivity contribution is -0.388. The molecule has 1 aromatic rings. The van der Waals surface area contributed by atoms with Crippen molar-refractivity contribution in [3.8, 4) is 0 Å². The summed E-state index contributed by atoms with van der Waals surface area (Å²) in [7, 11) is 1.67. The molecular formula is C10H14N4O3S. The van der Waals surface area contributed by atoms with Gasteiger partial charge in [0.2, 0.25) is 5.91 Å². The standard InChI is InChI=1S/C10H14N4O3S/c1-3-12-9(15)6-18-10-7(14(16)17)4-5-8(11-2)13-10/h4-5H,3,6H2,1-2H3,(H,11,13)(H,12,15). The second-order valence-electron chi connectivity index (χ2n) is 3.27. The maximum atomic E-state index is 11.3. The van der Waals surface area contributed by atoms with Crippen molar-refractivity contribution in [1.82, 2.24) is 10.3 Å². The Morgan fingerprint density at radius 2 is 2.28 bits per heavy atom. The lowest BCUT2D eigenvalue weighted by atomic mass is 10.4. The lowest BCUT2D eigenvalue weighted by Gasteiger charge is -2.05. The number of nitrogens with one attached hydrogen (secondary N) is 2. The Hall–Kier alpha value is -1.83. The number of thioether (sulfide) groups is 1. The highest BCUT2D eigenvalue weighted by atomic mass is 32.2. The van der Waals surface area contributed by atoms with E-state index in [2.05, 4.69) is 15.6 Å². The van der Waals surface area contributed by atoms with Gasteiger partial charge in [0.05, 0.1) is 10.7 Å². The molecule has 1 amide bonds. The molecule has 0 spiro atoms. The number of hydrogen-bond donors (Lipinski definition) is 2. The Balaban J connectivity index is 2.84. The molecule has 2 N–H and O–H groups in total. The molecule has 0 aliphatic rings. The summed E-state index contributed by atoms with van der Waals surface area (Å²) in [4.78, 5) is 25.7. The van der Waals surface area contributed by atoms with Crippen molar-refractivity contribution in [3.63, 3.8) is 0 Å². The first kappa shape index (κ1) is 14.2. The molecule has 1 aromatic heterocycles. The van der Waals surface area contributed by atoms with E-state index in [9.17, 15) is 14.9 Å². The maximum Gasteiger partial charge on any atom is 0.301 e. The highest BCUT2D eigenvalue weighted by Gasteiger charge is 2.17. The largest absolute Gasteiger partial charge is 0.373 e. The van der Waals surface area contributed by atoms with Crippen LogP contribution in [-0.4, -0.2) is 35.2 Å². The minimum atomic E-state index is -0.507. The average molecular weight is 270 g/mol. The molecule has 0 fully saturated rings. The first-order valence-corrected chi connectivity index (χ1v) is 6.29. The molecule has 1 rings (SSSR count).